The predicted molar refractivity (Wildman–Crippen MR) is 55.3 cm³/mol. The van der Waals surface area contributed by atoms with Crippen molar-refractivity contribution in [3.8, 4) is 0 Å². The van der Waals surface area contributed by atoms with Crippen LogP contribution in [0.4, 0.5) is 0 Å². The van der Waals surface area contributed by atoms with Crippen LogP contribution in [0.15, 0.2) is 0 Å². The summed E-state index contributed by atoms with van der Waals surface area (Å²) in [6, 6.07) is 0. The molecule has 0 aliphatic carbocycles. The smallest absolute Gasteiger partial charge is 0.169 e. The van der Waals surface area contributed by atoms with Gasteiger partial charge < -0.3 is 14.4 Å². The van der Waals surface area contributed by atoms with E-state index in [2.05, 4.69) is 11.8 Å². The van der Waals surface area contributed by atoms with E-state index in [-0.39, 0.29) is 18.2 Å². The van der Waals surface area contributed by atoms with E-state index < -0.39 is 0 Å². The Morgan fingerprint density at radius 2 is 1.62 bits per heavy atom. The monoisotopic (exact) mass is 209 g/mol. The van der Waals surface area contributed by atoms with Crippen LogP contribution in [0.25, 0.3) is 0 Å². The van der Waals surface area contributed by atoms with Crippen molar-refractivity contribution >= 4 is 12.4 Å². The topological polar surface area (TPSA) is 21.7 Å². The zero-order valence-corrected chi connectivity index (χ0v) is 9.52. The van der Waals surface area contributed by atoms with E-state index in [1.54, 1.807) is 14.2 Å². The number of rotatable bonds is 3. The molecule has 0 saturated carbocycles. The quantitative estimate of drug-likeness (QED) is 0.658. The summed E-state index contributed by atoms with van der Waals surface area (Å²) in [4.78, 5) is 2.41. The Morgan fingerprint density at radius 1 is 1.15 bits per heavy atom. The van der Waals surface area contributed by atoms with Gasteiger partial charge >= 0.3 is 0 Å². The zero-order valence-electron chi connectivity index (χ0n) is 8.71. The largest absolute Gasteiger partial charge is 0.353 e. The van der Waals surface area contributed by atoms with Crippen LogP contribution in [0.2, 0.25) is 0 Å². The maximum atomic E-state index is 5.37. The van der Waals surface area contributed by atoms with Gasteiger partial charge in [0.2, 0.25) is 0 Å². The van der Waals surface area contributed by atoms with Gasteiger partial charge in [-0.15, -0.1) is 12.4 Å². The molecular formula is C9H20ClNO2. The van der Waals surface area contributed by atoms with E-state index in [0.717, 1.165) is 32.5 Å². The fraction of sp³-hybridized carbons (Fsp3) is 1.00. The number of halogens is 1. The van der Waals surface area contributed by atoms with Crippen molar-refractivity contribution in [3.05, 3.63) is 0 Å². The highest BCUT2D eigenvalue weighted by Crippen LogP contribution is 2.25. The van der Waals surface area contributed by atoms with E-state index in [9.17, 15) is 0 Å². The van der Waals surface area contributed by atoms with Crippen LogP contribution in [-0.2, 0) is 9.47 Å². The van der Waals surface area contributed by atoms with Crippen LogP contribution in [0.1, 0.15) is 19.8 Å². The second-order valence-corrected chi connectivity index (χ2v) is 3.25. The molecule has 0 spiro atoms. The minimum Gasteiger partial charge on any atom is -0.353 e. The number of ether oxygens (including phenoxy) is 2. The molecule has 1 aliphatic heterocycles. The Morgan fingerprint density at radius 3 is 1.92 bits per heavy atom. The summed E-state index contributed by atoms with van der Waals surface area (Å²) < 4.78 is 10.7. The van der Waals surface area contributed by atoms with E-state index in [4.69, 9.17) is 9.47 Å². The third-order valence-corrected chi connectivity index (χ3v) is 2.81. The molecule has 0 N–H and O–H groups in total. The number of nitrogens with zero attached hydrogens (tertiary/aromatic N) is 1. The molecule has 0 amide bonds. The van der Waals surface area contributed by atoms with Crippen LogP contribution in [0.5, 0.6) is 0 Å². The predicted octanol–water partition coefficient (Wildman–Crippen LogP) is 1.51. The fourth-order valence-corrected chi connectivity index (χ4v) is 1.70. The molecule has 1 rings (SSSR count). The highest BCUT2D eigenvalue weighted by atomic mass is 35.5. The molecule has 0 aromatic rings. The van der Waals surface area contributed by atoms with Crippen LogP contribution in [0.3, 0.4) is 0 Å². The second-order valence-electron chi connectivity index (χ2n) is 3.25. The van der Waals surface area contributed by atoms with Crippen molar-refractivity contribution < 1.29 is 9.47 Å². The van der Waals surface area contributed by atoms with E-state index in [1.165, 1.54) is 0 Å². The molecule has 4 heteroatoms. The minimum atomic E-state index is -0.300. The maximum Gasteiger partial charge on any atom is 0.169 e. The first kappa shape index (κ1) is 13.2. The lowest BCUT2D eigenvalue weighted by Crippen LogP contribution is -2.46. The Hall–Kier alpha value is 0.170. The van der Waals surface area contributed by atoms with Gasteiger partial charge in [-0.05, 0) is 6.54 Å². The summed E-state index contributed by atoms with van der Waals surface area (Å²) in [6.45, 7) is 5.48. The molecule has 0 aromatic heterocycles. The van der Waals surface area contributed by atoms with Crippen molar-refractivity contribution in [2.75, 3.05) is 33.9 Å². The minimum absolute atomic E-state index is 0. The van der Waals surface area contributed by atoms with Crippen LogP contribution >= 0.6 is 12.4 Å². The molecule has 0 radical (unpaired) electrons. The summed E-state index contributed by atoms with van der Waals surface area (Å²) in [6.07, 6.45) is 1.96. The van der Waals surface area contributed by atoms with Crippen molar-refractivity contribution in [2.45, 2.75) is 25.6 Å². The standard InChI is InChI=1S/C9H19NO2.ClH/c1-4-10-7-5-9(11-2,12-3)6-8-10;/h4-8H2,1-3H3;1H. The van der Waals surface area contributed by atoms with Gasteiger partial charge in [0, 0.05) is 40.2 Å². The summed E-state index contributed by atoms with van der Waals surface area (Å²) in [5.41, 5.74) is 0. The molecular weight excluding hydrogens is 190 g/mol. The Labute approximate surface area is 86.8 Å². The van der Waals surface area contributed by atoms with Crippen LogP contribution in [-0.4, -0.2) is 44.5 Å². The van der Waals surface area contributed by atoms with Crippen LogP contribution in [0, 0.1) is 0 Å². The van der Waals surface area contributed by atoms with Gasteiger partial charge in [0.05, 0.1) is 0 Å². The van der Waals surface area contributed by atoms with Gasteiger partial charge in [-0.25, -0.2) is 0 Å². The average molecular weight is 210 g/mol. The van der Waals surface area contributed by atoms with Crippen molar-refractivity contribution in [1.82, 2.24) is 4.90 Å². The third-order valence-electron chi connectivity index (χ3n) is 2.81. The highest BCUT2D eigenvalue weighted by molar-refractivity contribution is 5.85. The molecule has 0 bridgehead atoms. The van der Waals surface area contributed by atoms with Crippen molar-refractivity contribution in [2.24, 2.45) is 0 Å². The normalized spacial score (nSPS) is 22.4. The van der Waals surface area contributed by atoms with Gasteiger partial charge in [0.25, 0.3) is 0 Å². The maximum absolute atomic E-state index is 5.37. The van der Waals surface area contributed by atoms with Gasteiger partial charge in [-0.3, -0.25) is 0 Å². The van der Waals surface area contributed by atoms with E-state index in [0.29, 0.717) is 0 Å². The first-order chi connectivity index (χ1) is 5.76. The molecule has 80 valence electrons. The van der Waals surface area contributed by atoms with Gasteiger partial charge in [-0.2, -0.15) is 0 Å². The van der Waals surface area contributed by atoms with E-state index in [1.807, 2.05) is 0 Å². The number of piperidine rings is 1. The van der Waals surface area contributed by atoms with Gasteiger partial charge in [0.15, 0.2) is 5.79 Å². The summed E-state index contributed by atoms with van der Waals surface area (Å²) in [5, 5.41) is 0. The molecule has 0 unspecified atom stereocenters. The lowest BCUT2D eigenvalue weighted by molar-refractivity contribution is -0.228. The summed E-state index contributed by atoms with van der Waals surface area (Å²) >= 11 is 0. The molecule has 1 fully saturated rings. The van der Waals surface area contributed by atoms with Gasteiger partial charge in [0.1, 0.15) is 0 Å². The molecule has 0 atom stereocenters. The molecule has 3 nitrogen and oxygen atoms in total. The third kappa shape index (κ3) is 3.09. The lowest BCUT2D eigenvalue weighted by Gasteiger charge is -2.39. The summed E-state index contributed by atoms with van der Waals surface area (Å²) in [7, 11) is 3.45. The first-order valence-corrected chi connectivity index (χ1v) is 4.59. The number of hydrogen-bond donors (Lipinski definition) is 0. The molecule has 13 heavy (non-hydrogen) atoms. The molecule has 1 heterocycles. The second kappa shape index (κ2) is 5.81. The molecule has 1 aliphatic rings. The van der Waals surface area contributed by atoms with Crippen molar-refractivity contribution in [1.29, 1.82) is 0 Å². The fourth-order valence-electron chi connectivity index (χ4n) is 1.70. The Bertz CT molecular complexity index is 130. The van der Waals surface area contributed by atoms with E-state index >= 15 is 0 Å². The first-order valence-electron chi connectivity index (χ1n) is 4.59. The average Bonchev–Trinajstić information content (AvgIpc) is 2.18. The summed E-state index contributed by atoms with van der Waals surface area (Å²) in [5.74, 6) is -0.300. The Kier molecular flexibility index (Phi) is 5.88. The SMILES string of the molecule is CCN1CCC(OC)(OC)CC1.Cl. The number of hydrogen-bond acceptors (Lipinski definition) is 3. The molecule has 0 aromatic carbocycles. The number of methoxy groups -OCH3 is 2. The van der Waals surface area contributed by atoms with Gasteiger partial charge in [-0.1, -0.05) is 6.92 Å². The highest BCUT2D eigenvalue weighted by Gasteiger charge is 2.33. The van der Waals surface area contributed by atoms with Crippen LogP contribution < -0.4 is 0 Å². The van der Waals surface area contributed by atoms with Crippen molar-refractivity contribution in [3.63, 3.8) is 0 Å². The zero-order chi connectivity index (χ0) is 9.03. The Balaban J connectivity index is 0.00000144. The number of likely N-dealkylation sites (tertiary alicyclic amines) is 1. The lowest BCUT2D eigenvalue weighted by atomic mass is 10.0. The molecule has 1 saturated heterocycles.